The number of hydrogen-bond acceptors (Lipinski definition) is 8. The first kappa shape index (κ1) is 40.0. The lowest BCUT2D eigenvalue weighted by molar-refractivity contribution is -0.156. The van der Waals surface area contributed by atoms with E-state index in [0.29, 0.717) is 6.42 Å². The Labute approximate surface area is 284 Å². The van der Waals surface area contributed by atoms with Crippen LogP contribution < -0.4 is 5.32 Å². The highest BCUT2D eigenvalue weighted by Crippen LogP contribution is 2.44. The number of carboxylic acids is 1. The van der Waals surface area contributed by atoms with Crippen LogP contribution in [-0.4, -0.2) is 59.2 Å². The van der Waals surface area contributed by atoms with Gasteiger partial charge < -0.3 is 24.6 Å². The van der Waals surface area contributed by atoms with Crippen molar-refractivity contribution in [2.24, 2.45) is 17.8 Å². The molecule has 10 heteroatoms. The summed E-state index contributed by atoms with van der Waals surface area (Å²) in [6.07, 6.45) is 0.138. The van der Waals surface area contributed by atoms with Crippen molar-refractivity contribution in [2.75, 3.05) is 13.2 Å². The molecule has 0 aliphatic heterocycles. The molecule has 0 radical (unpaired) electrons. The molecule has 1 amide bonds. The summed E-state index contributed by atoms with van der Waals surface area (Å²) in [6, 6.07) is 16.1. The number of hydrogen-bond donors (Lipinski definition) is 2. The highest BCUT2D eigenvalue weighted by Gasteiger charge is 2.30. The van der Waals surface area contributed by atoms with Gasteiger partial charge >= 0.3 is 24.0 Å². The molecule has 3 unspecified atom stereocenters. The standard InChI is InChI=1S/C31H39NO7.C7H14O2/c1-19(16-21(29(35)36)14-15-28(34)39-31(3,4)5)20(2)27(33)17-32-30(37)38-18-26-24-12-8-6-10-22(24)23-11-7-9-13-25(23)26;1-5-6(8)9-7(2,3)4/h6-13,19-21,26H,14-18H2,1-5H3,(H,32,37)(H,35,36);5H2,1-4H3. The van der Waals surface area contributed by atoms with E-state index in [9.17, 15) is 29.1 Å². The third-order valence-corrected chi connectivity index (χ3v) is 7.94. The Balaban J connectivity index is 0.000000778. The number of rotatable bonds is 13. The number of ketones is 1. The van der Waals surface area contributed by atoms with Crippen LogP contribution in [0.25, 0.3) is 11.1 Å². The number of carbonyl (C=O) groups is 5. The highest BCUT2D eigenvalue weighted by atomic mass is 16.6. The van der Waals surface area contributed by atoms with Gasteiger partial charge in [-0.2, -0.15) is 0 Å². The van der Waals surface area contributed by atoms with Crippen molar-refractivity contribution >= 4 is 29.8 Å². The van der Waals surface area contributed by atoms with Crippen molar-refractivity contribution in [3.8, 4) is 11.1 Å². The number of benzene rings is 2. The topological polar surface area (TPSA) is 145 Å². The number of carbonyl (C=O) groups excluding carboxylic acids is 4. The molecule has 2 aromatic carbocycles. The van der Waals surface area contributed by atoms with E-state index < -0.39 is 35.5 Å². The summed E-state index contributed by atoms with van der Waals surface area (Å²) in [5.74, 6) is -3.41. The maximum Gasteiger partial charge on any atom is 0.407 e. The van der Waals surface area contributed by atoms with Crippen molar-refractivity contribution in [1.82, 2.24) is 5.32 Å². The number of fused-ring (bicyclic) bond motifs is 3. The number of Topliss-reactive ketones (excluding diaryl/α,β-unsaturated/α-hetero) is 1. The normalized spacial score (nSPS) is 14.2. The molecule has 10 nitrogen and oxygen atoms in total. The second-order valence-electron chi connectivity index (χ2n) is 14.2. The number of ether oxygens (including phenoxy) is 3. The van der Waals surface area contributed by atoms with E-state index in [1.807, 2.05) is 57.2 Å². The Morgan fingerprint density at radius 2 is 1.31 bits per heavy atom. The molecule has 0 saturated carbocycles. The van der Waals surface area contributed by atoms with Gasteiger partial charge in [-0.3, -0.25) is 19.2 Å². The number of esters is 2. The number of alkyl carbamates (subject to hydrolysis) is 1. The maximum atomic E-state index is 12.8. The van der Waals surface area contributed by atoms with Crippen LogP contribution in [0.5, 0.6) is 0 Å². The Morgan fingerprint density at radius 1 is 0.812 bits per heavy atom. The summed E-state index contributed by atoms with van der Waals surface area (Å²) in [5.41, 5.74) is 3.50. The summed E-state index contributed by atoms with van der Waals surface area (Å²) in [5, 5.41) is 12.2. The molecule has 0 aromatic heterocycles. The molecule has 48 heavy (non-hydrogen) atoms. The fourth-order valence-electron chi connectivity index (χ4n) is 5.38. The first-order chi connectivity index (χ1) is 22.3. The number of aliphatic carboxylic acids is 1. The zero-order chi connectivity index (χ0) is 36.2. The Morgan fingerprint density at radius 3 is 1.77 bits per heavy atom. The van der Waals surface area contributed by atoms with Crippen molar-refractivity contribution in [2.45, 2.75) is 105 Å². The minimum Gasteiger partial charge on any atom is -0.481 e. The molecule has 1 aliphatic rings. The Bertz CT molecular complexity index is 1370. The largest absolute Gasteiger partial charge is 0.481 e. The molecule has 0 heterocycles. The summed E-state index contributed by atoms with van der Waals surface area (Å²) < 4.78 is 15.7. The van der Waals surface area contributed by atoms with Crippen molar-refractivity contribution in [3.63, 3.8) is 0 Å². The predicted octanol–water partition coefficient (Wildman–Crippen LogP) is 7.32. The molecule has 264 valence electrons. The molecule has 2 aromatic rings. The molecule has 0 bridgehead atoms. The third kappa shape index (κ3) is 13.1. The number of nitrogens with one attached hydrogen (secondary N) is 1. The first-order valence-electron chi connectivity index (χ1n) is 16.6. The number of carboxylic acid groups (broad SMARTS) is 1. The van der Waals surface area contributed by atoms with Gasteiger partial charge in [0.25, 0.3) is 0 Å². The van der Waals surface area contributed by atoms with Crippen LogP contribution >= 0.6 is 0 Å². The molecule has 3 rings (SSSR count). The fourth-order valence-corrected chi connectivity index (χ4v) is 5.38. The lowest BCUT2D eigenvalue weighted by atomic mass is 9.83. The number of amides is 1. The second kappa shape index (κ2) is 17.8. The highest BCUT2D eigenvalue weighted by molar-refractivity contribution is 5.86. The summed E-state index contributed by atoms with van der Waals surface area (Å²) in [6.45, 7) is 16.1. The van der Waals surface area contributed by atoms with E-state index >= 15 is 0 Å². The van der Waals surface area contributed by atoms with Crippen LogP contribution in [0.3, 0.4) is 0 Å². The lowest BCUT2D eigenvalue weighted by Gasteiger charge is -2.23. The average Bonchev–Trinajstić information content (AvgIpc) is 3.32. The summed E-state index contributed by atoms with van der Waals surface area (Å²) >= 11 is 0. The first-order valence-corrected chi connectivity index (χ1v) is 16.6. The fraction of sp³-hybridized carbons (Fsp3) is 0.553. The van der Waals surface area contributed by atoms with Gasteiger partial charge in [-0.05, 0) is 82.6 Å². The van der Waals surface area contributed by atoms with E-state index in [2.05, 4.69) is 17.4 Å². The summed E-state index contributed by atoms with van der Waals surface area (Å²) in [7, 11) is 0. The van der Waals surface area contributed by atoms with Gasteiger partial charge in [0.15, 0.2) is 5.78 Å². The molecule has 1 aliphatic carbocycles. The molecule has 0 saturated heterocycles. The van der Waals surface area contributed by atoms with E-state index in [4.69, 9.17) is 14.2 Å². The lowest BCUT2D eigenvalue weighted by Crippen LogP contribution is -2.35. The zero-order valence-corrected chi connectivity index (χ0v) is 29.9. The average molecular weight is 668 g/mol. The van der Waals surface area contributed by atoms with Gasteiger partial charge in [-0.25, -0.2) is 4.79 Å². The van der Waals surface area contributed by atoms with E-state index in [-0.39, 0.29) is 61.6 Å². The Hall–Kier alpha value is -4.21. The van der Waals surface area contributed by atoms with Crippen LogP contribution in [0, 0.1) is 17.8 Å². The van der Waals surface area contributed by atoms with Crippen molar-refractivity contribution < 1.29 is 43.3 Å². The van der Waals surface area contributed by atoms with E-state index in [0.717, 1.165) is 22.3 Å². The van der Waals surface area contributed by atoms with Gasteiger partial charge in [0.1, 0.15) is 17.8 Å². The van der Waals surface area contributed by atoms with Gasteiger partial charge in [0.05, 0.1) is 12.5 Å². The minimum absolute atomic E-state index is 0.00732. The minimum atomic E-state index is -1.01. The molecular weight excluding hydrogens is 614 g/mol. The van der Waals surface area contributed by atoms with Crippen LogP contribution in [0.1, 0.15) is 105 Å². The third-order valence-electron chi connectivity index (χ3n) is 7.94. The van der Waals surface area contributed by atoms with Crippen molar-refractivity contribution in [3.05, 3.63) is 59.7 Å². The van der Waals surface area contributed by atoms with Gasteiger partial charge in [-0.15, -0.1) is 0 Å². The molecule has 0 spiro atoms. The Kier molecular flexibility index (Phi) is 14.8. The van der Waals surface area contributed by atoms with Gasteiger partial charge in [0, 0.05) is 24.7 Å². The summed E-state index contributed by atoms with van der Waals surface area (Å²) in [4.78, 5) is 59.6. The SMILES string of the molecule is CC(CC(CCC(=O)OC(C)(C)C)C(=O)O)C(C)C(=O)CNC(=O)OCC1c2ccccc2-c2ccccc21.CCC(=O)OC(C)(C)C. The molecule has 0 fully saturated rings. The van der Waals surface area contributed by atoms with Crippen LogP contribution in [0.15, 0.2) is 48.5 Å². The van der Waals surface area contributed by atoms with E-state index in [1.54, 1.807) is 41.5 Å². The van der Waals surface area contributed by atoms with Crippen LogP contribution in [-0.2, 0) is 33.4 Å². The predicted molar refractivity (Wildman–Crippen MR) is 183 cm³/mol. The van der Waals surface area contributed by atoms with Gasteiger partial charge in [0.2, 0.25) is 0 Å². The van der Waals surface area contributed by atoms with Crippen LogP contribution in [0.2, 0.25) is 0 Å². The zero-order valence-electron chi connectivity index (χ0n) is 29.9. The second-order valence-corrected chi connectivity index (χ2v) is 14.2. The van der Waals surface area contributed by atoms with Gasteiger partial charge in [-0.1, -0.05) is 69.3 Å². The van der Waals surface area contributed by atoms with E-state index in [1.165, 1.54) is 0 Å². The monoisotopic (exact) mass is 667 g/mol. The maximum absolute atomic E-state index is 12.8. The van der Waals surface area contributed by atoms with Crippen LogP contribution in [0.4, 0.5) is 4.79 Å². The van der Waals surface area contributed by atoms with Crippen molar-refractivity contribution in [1.29, 1.82) is 0 Å². The smallest absolute Gasteiger partial charge is 0.407 e. The molecule has 3 atom stereocenters. The quantitative estimate of drug-likeness (QED) is 0.166. The molecule has 2 N–H and O–H groups in total. The molecular formula is C38H53NO9.